The third-order valence-corrected chi connectivity index (χ3v) is 6.34. The second-order valence-electron chi connectivity index (χ2n) is 7.14. The molecule has 5 rings (SSSR count). The van der Waals surface area contributed by atoms with Gasteiger partial charge in [0.15, 0.2) is 23.4 Å². The predicted octanol–water partition coefficient (Wildman–Crippen LogP) is 1.85. The Morgan fingerprint density at radius 3 is 2.96 bits per heavy atom. The van der Waals surface area contributed by atoms with Crippen LogP contribution < -0.4 is 9.47 Å². The lowest BCUT2D eigenvalue weighted by Crippen LogP contribution is -2.65. The van der Waals surface area contributed by atoms with Crippen LogP contribution in [0.25, 0.3) is 0 Å². The van der Waals surface area contributed by atoms with Crippen molar-refractivity contribution < 1.29 is 23.8 Å². The van der Waals surface area contributed by atoms with Crippen molar-refractivity contribution in [2.24, 2.45) is 5.92 Å². The van der Waals surface area contributed by atoms with Gasteiger partial charge in [0.05, 0.1) is 19.6 Å². The summed E-state index contributed by atoms with van der Waals surface area (Å²) in [5.41, 5.74) is 1.84. The van der Waals surface area contributed by atoms with E-state index in [0.717, 1.165) is 17.5 Å². The molecule has 2 aliphatic carbocycles. The monoisotopic (exact) mass is 341 g/mol. The van der Waals surface area contributed by atoms with Crippen LogP contribution >= 0.6 is 0 Å². The largest absolute Gasteiger partial charge is 0.493 e. The molecule has 6 nitrogen and oxygen atoms in total. The highest BCUT2D eigenvalue weighted by Gasteiger charge is 2.65. The van der Waals surface area contributed by atoms with Crippen molar-refractivity contribution in [3.05, 3.63) is 35.4 Å². The van der Waals surface area contributed by atoms with E-state index in [1.807, 2.05) is 18.2 Å². The number of piperidine rings is 1. The summed E-state index contributed by atoms with van der Waals surface area (Å²) in [6.07, 6.45) is 4.15. The Morgan fingerprint density at radius 1 is 1.36 bits per heavy atom. The highest BCUT2D eigenvalue weighted by atomic mass is 16.5. The number of carbonyl (C=O) groups is 2. The molecule has 0 N–H and O–H groups in total. The molecule has 25 heavy (non-hydrogen) atoms. The number of rotatable bonds is 1. The Bertz CT molecular complexity index is 831. The van der Waals surface area contributed by atoms with Crippen molar-refractivity contribution in [1.82, 2.24) is 4.90 Å². The molecule has 4 atom stereocenters. The predicted molar refractivity (Wildman–Crippen MR) is 87.9 cm³/mol. The van der Waals surface area contributed by atoms with E-state index in [1.54, 1.807) is 18.1 Å². The second kappa shape index (κ2) is 4.77. The summed E-state index contributed by atoms with van der Waals surface area (Å²) in [6, 6.07) is 3.90. The van der Waals surface area contributed by atoms with Gasteiger partial charge in [0, 0.05) is 24.1 Å². The summed E-state index contributed by atoms with van der Waals surface area (Å²) in [4.78, 5) is 26.7. The van der Waals surface area contributed by atoms with E-state index in [0.29, 0.717) is 24.5 Å². The number of nitrogens with zero attached hydrogens (tertiary/aromatic N) is 1. The molecule has 1 aromatic carbocycles. The van der Waals surface area contributed by atoms with Crippen LogP contribution in [0.15, 0.2) is 24.3 Å². The number of hydrogen-bond acceptors (Lipinski definition) is 5. The quantitative estimate of drug-likeness (QED) is 0.780. The Kier molecular flexibility index (Phi) is 2.83. The van der Waals surface area contributed by atoms with Crippen LogP contribution in [0.5, 0.6) is 11.5 Å². The zero-order valence-electron chi connectivity index (χ0n) is 14.2. The fourth-order valence-corrected chi connectivity index (χ4v) is 5.39. The number of ether oxygens (including phenoxy) is 3. The summed E-state index contributed by atoms with van der Waals surface area (Å²) >= 11 is 0. The molecule has 130 valence electrons. The van der Waals surface area contributed by atoms with Crippen LogP contribution in [0.3, 0.4) is 0 Å². The molecule has 1 unspecified atom stereocenters. The molecular formula is C19H19NO5. The fraction of sp³-hybridized carbons (Fsp3) is 0.474. The first kappa shape index (κ1) is 14.8. The van der Waals surface area contributed by atoms with Crippen LogP contribution in [0, 0.1) is 5.92 Å². The maximum absolute atomic E-state index is 12.6. The van der Waals surface area contributed by atoms with Gasteiger partial charge in [-0.1, -0.05) is 12.1 Å². The molecule has 2 heterocycles. The van der Waals surface area contributed by atoms with Crippen molar-refractivity contribution >= 4 is 11.9 Å². The Balaban J connectivity index is 1.75. The topological polar surface area (TPSA) is 65.1 Å². The Morgan fingerprint density at radius 2 is 2.20 bits per heavy atom. The highest BCUT2D eigenvalue weighted by Crippen LogP contribution is 2.62. The van der Waals surface area contributed by atoms with E-state index >= 15 is 0 Å². The standard InChI is InChI=1S/C19H19NO5/c1-23-14-6-3-10-9-12-11-4-5-13(21)17-19(11,15(10)16(14)25-17)7-8-20(12)18(22)24-2/h3-6,11-12,17H,7-9H2,1-2H3/t11?,12-,17+,19+/m1/s1. The second-order valence-corrected chi connectivity index (χ2v) is 7.14. The highest BCUT2D eigenvalue weighted by molar-refractivity contribution is 5.98. The average molecular weight is 341 g/mol. The molecule has 1 spiro atoms. The van der Waals surface area contributed by atoms with Crippen LogP contribution in [0.2, 0.25) is 0 Å². The smallest absolute Gasteiger partial charge is 0.409 e. The first-order valence-electron chi connectivity index (χ1n) is 8.55. The van der Waals surface area contributed by atoms with Gasteiger partial charge in [-0.15, -0.1) is 0 Å². The maximum Gasteiger partial charge on any atom is 0.409 e. The Hall–Kier alpha value is -2.50. The van der Waals surface area contributed by atoms with E-state index in [2.05, 4.69) is 0 Å². The number of carbonyl (C=O) groups excluding carboxylic acids is 2. The number of benzene rings is 1. The van der Waals surface area contributed by atoms with Gasteiger partial charge in [0.1, 0.15) is 0 Å². The summed E-state index contributed by atoms with van der Waals surface area (Å²) in [5, 5.41) is 0. The zero-order valence-corrected chi connectivity index (χ0v) is 14.2. The number of likely N-dealkylation sites (tertiary alicyclic amines) is 1. The first-order chi connectivity index (χ1) is 12.1. The van der Waals surface area contributed by atoms with Crippen molar-refractivity contribution in [3.8, 4) is 11.5 Å². The summed E-state index contributed by atoms with van der Waals surface area (Å²) in [7, 11) is 3.03. The van der Waals surface area contributed by atoms with Crippen molar-refractivity contribution in [2.45, 2.75) is 30.4 Å². The molecule has 2 bridgehead atoms. The van der Waals surface area contributed by atoms with Crippen molar-refractivity contribution in [2.75, 3.05) is 20.8 Å². The molecule has 0 saturated carbocycles. The van der Waals surface area contributed by atoms with Crippen LogP contribution in [-0.4, -0.2) is 49.7 Å². The van der Waals surface area contributed by atoms with E-state index in [-0.39, 0.29) is 23.8 Å². The molecule has 2 aliphatic heterocycles. The van der Waals surface area contributed by atoms with Gasteiger partial charge in [-0.2, -0.15) is 0 Å². The third-order valence-electron chi connectivity index (χ3n) is 6.34. The fourth-order valence-electron chi connectivity index (χ4n) is 5.39. The average Bonchev–Trinajstić information content (AvgIpc) is 2.97. The van der Waals surface area contributed by atoms with Crippen molar-refractivity contribution in [1.29, 1.82) is 0 Å². The number of amides is 1. The van der Waals surface area contributed by atoms with Gasteiger partial charge >= 0.3 is 6.09 Å². The summed E-state index contributed by atoms with van der Waals surface area (Å²) in [5.74, 6) is 1.41. The minimum Gasteiger partial charge on any atom is -0.493 e. The van der Waals surface area contributed by atoms with Gasteiger partial charge < -0.3 is 19.1 Å². The third kappa shape index (κ3) is 1.60. The van der Waals surface area contributed by atoms with E-state index in [1.165, 1.54) is 7.11 Å². The van der Waals surface area contributed by atoms with Gasteiger partial charge in [-0.3, -0.25) is 4.79 Å². The molecule has 4 aliphatic rings. The molecule has 0 aromatic heterocycles. The normalized spacial score (nSPS) is 33.6. The lowest BCUT2D eigenvalue weighted by atomic mass is 9.53. The van der Waals surface area contributed by atoms with Gasteiger partial charge in [0.25, 0.3) is 0 Å². The van der Waals surface area contributed by atoms with Gasteiger partial charge in [-0.25, -0.2) is 4.79 Å². The molecule has 1 amide bonds. The van der Waals surface area contributed by atoms with Crippen LogP contribution in [0.1, 0.15) is 17.5 Å². The minimum absolute atomic E-state index is 0.00683. The van der Waals surface area contributed by atoms with Gasteiger partial charge in [-0.05, 0) is 30.5 Å². The van der Waals surface area contributed by atoms with Crippen molar-refractivity contribution in [3.63, 3.8) is 0 Å². The molecule has 1 fully saturated rings. The van der Waals surface area contributed by atoms with Crippen LogP contribution in [-0.2, 0) is 21.4 Å². The van der Waals surface area contributed by atoms with E-state index in [9.17, 15) is 9.59 Å². The molecular weight excluding hydrogens is 322 g/mol. The first-order valence-corrected chi connectivity index (χ1v) is 8.55. The maximum atomic E-state index is 12.6. The lowest BCUT2D eigenvalue weighted by molar-refractivity contribution is -0.127. The van der Waals surface area contributed by atoms with Crippen LogP contribution in [0.4, 0.5) is 4.79 Å². The minimum atomic E-state index is -0.532. The zero-order chi connectivity index (χ0) is 17.3. The molecule has 1 saturated heterocycles. The van der Waals surface area contributed by atoms with Gasteiger partial charge in [0.2, 0.25) is 0 Å². The van der Waals surface area contributed by atoms with E-state index < -0.39 is 11.5 Å². The number of hydrogen-bond donors (Lipinski definition) is 0. The number of ketones is 1. The SMILES string of the molecule is COC(=O)N1CC[C@]23c4c5ccc(OC)c4O[C@H]2C(=O)C=CC3[C@H]1C5. The molecule has 6 heteroatoms. The lowest BCUT2D eigenvalue weighted by Gasteiger charge is -2.55. The molecule has 0 radical (unpaired) electrons. The molecule has 1 aromatic rings. The summed E-state index contributed by atoms with van der Waals surface area (Å²) in [6.45, 7) is 0.560. The number of methoxy groups -OCH3 is 2. The van der Waals surface area contributed by atoms with E-state index in [4.69, 9.17) is 14.2 Å². The summed E-state index contributed by atoms with van der Waals surface area (Å²) < 4.78 is 16.6. The Labute approximate surface area is 145 Å².